The topological polar surface area (TPSA) is 65.1 Å². The van der Waals surface area contributed by atoms with Gasteiger partial charge in [-0.05, 0) is 28.8 Å². The fraction of sp³-hybridized carbons (Fsp3) is 0.273. The number of carbonyl (C=O) groups is 2. The van der Waals surface area contributed by atoms with Crippen molar-refractivity contribution in [3.8, 4) is 11.5 Å². The van der Waals surface area contributed by atoms with Crippen molar-refractivity contribution < 1.29 is 23.8 Å². The molecule has 0 aromatic heterocycles. The SMILES string of the molecule is COc1ccc(/C(=C\C(=O)N2CCOCC2)c2ccc(C=O)cc2)cc1OC. The molecule has 6 heteroatoms. The van der Waals surface area contributed by atoms with Gasteiger partial charge in [0.15, 0.2) is 11.5 Å². The first-order valence-electron chi connectivity index (χ1n) is 9.02. The van der Waals surface area contributed by atoms with Crippen LogP contribution in [0.2, 0.25) is 0 Å². The minimum atomic E-state index is -0.0763. The fourth-order valence-corrected chi connectivity index (χ4v) is 3.08. The third kappa shape index (κ3) is 4.40. The highest BCUT2D eigenvalue weighted by Crippen LogP contribution is 2.33. The van der Waals surface area contributed by atoms with Gasteiger partial charge in [0.2, 0.25) is 5.91 Å². The number of nitrogens with zero attached hydrogens (tertiary/aromatic N) is 1. The second kappa shape index (κ2) is 9.19. The van der Waals surface area contributed by atoms with Crippen LogP contribution in [0.15, 0.2) is 48.5 Å². The van der Waals surface area contributed by atoms with E-state index in [0.717, 1.165) is 23.0 Å². The summed E-state index contributed by atoms with van der Waals surface area (Å²) in [5, 5.41) is 0. The second-order valence-corrected chi connectivity index (χ2v) is 6.31. The lowest BCUT2D eigenvalue weighted by Gasteiger charge is -2.26. The number of morpholine rings is 1. The Hall–Kier alpha value is -3.12. The van der Waals surface area contributed by atoms with Crippen molar-refractivity contribution in [1.82, 2.24) is 4.90 Å². The van der Waals surface area contributed by atoms with Crippen molar-refractivity contribution in [3.63, 3.8) is 0 Å². The summed E-state index contributed by atoms with van der Waals surface area (Å²) in [5.41, 5.74) is 2.97. The van der Waals surface area contributed by atoms with Crippen LogP contribution in [0.3, 0.4) is 0 Å². The van der Waals surface area contributed by atoms with Gasteiger partial charge in [-0.3, -0.25) is 9.59 Å². The number of methoxy groups -OCH3 is 2. The molecule has 0 saturated carbocycles. The van der Waals surface area contributed by atoms with E-state index in [1.54, 1.807) is 43.4 Å². The lowest BCUT2D eigenvalue weighted by atomic mass is 9.96. The Labute approximate surface area is 164 Å². The smallest absolute Gasteiger partial charge is 0.247 e. The van der Waals surface area contributed by atoms with Gasteiger partial charge in [0.05, 0.1) is 27.4 Å². The van der Waals surface area contributed by atoms with E-state index in [9.17, 15) is 9.59 Å². The molecule has 1 aliphatic heterocycles. The van der Waals surface area contributed by atoms with Crippen molar-refractivity contribution in [2.45, 2.75) is 0 Å². The maximum atomic E-state index is 12.8. The average Bonchev–Trinajstić information content (AvgIpc) is 2.77. The number of carbonyl (C=O) groups excluding carboxylic acids is 2. The predicted molar refractivity (Wildman–Crippen MR) is 106 cm³/mol. The Kier molecular flexibility index (Phi) is 6.45. The molecule has 146 valence electrons. The van der Waals surface area contributed by atoms with E-state index < -0.39 is 0 Å². The van der Waals surface area contributed by atoms with Gasteiger partial charge in [0, 0.05) is 24.7 Å². The summed E-state index contributed by atoms with van der Waals surface area (Å²) < 4.78 is 16.0. The highest BCUT2D eigenvalue weighted by atomic mass is 16.5. The first-order valence-corrected chi connectivity index (χ1v) is 9.02. The van der Waals surface area contributed by atoms with Crippen LogP contribution in [0.4, 0.5) is 0 Å². The molecule has 2 aromatic rings. The summed E-state index contributed by atoms with van der Waals surface area (Å²) in [7, 11) is 3.15. The van der Waals surface area contributed by atoms with Gasteiger partial charge < -0.3 is 19.1 Å². The van der Waals surface area contributed by atoms with Crippen LogP contribution < -0.4 is 9.47 Å². The zero-order valence-corrected chi connectivity index (χ0v) is 16.0. The van der Waals surface area contributed by atoms with E-state index in [1.807, 2.05) is 24.3 Å². The van der Waals surface area contributed by atoms with Crippen molar-refractivity contribution in [3.05, 3.63) is 65.2 Å². The molecule has 0 aliphatic carbocycles. The van der Waals surface area contributed by atoms with Crippen LogP contribution in [-0.2, 0) is 9.53 Å². The molecule has 3 rings (SSSR count). The van der Waals surface area contributed by atoms with Crippen LogP contribution in [-0.4, -0.2) is 57.6 Å². The molecule has 1 amide bonds. The quantitative estimate of drug-likeness (QED) is 0.569. The molecule has 1 saturated heterocycles. The summed E-state index contributed by atoms with van der Waals surface area (Å²) in [6, 6.07) is 12.7. The minimum Gasteiger partial charge on any atom is -0.493 e. The van der Waals surface area contributed by atoms with Crippen molar-refractivity contribution in [2.24, 2.45) is 0 Å². The van der Waals surface area contributed by atoms with Gasteiger partial charge in [0.25, 0.3) is 0 Å². The van der Waals surface area contributed by atoms with Crippen LogP contribution >= 0.6 is 0 Å². The van der Waals surface area contributed by atoms with Crippen LogP contribution in [0, 0.1) is 0 Å². The van der Waals surface area contributed by atoms with E-state index in [-0.39, 0.29) is 5.91 Å². The summed E-state index contributed by atoms with van der Waals surface area (Å²) >= 11 is 0. The third-order valence-electron chi connectivity index (χ3n) is 4.64. The maximum Gasteiger partial charge on any atom is 0.247 e. The number of rotatable bonds is 6. The summed E-state index contributed by atoms with van der Waals surface area (Å²) in [5.74, 6) is 1.11. The van der Waals surface area contributed by atoms with E-state index >= 15 is 0 Å². The van der Waals surface area contributed by atoms with Crippen molar-refractivity contribution in [1.29, 1.82) is 0 Å². The van der Waals surface area contributed by atoms with Crippen molar-refractivity contribution in [2.75, 3.05) is 40.5 Å². The highest BCUT2D eigenvalue weighted by Gasteiger charge is 2.18. The van der Waals surface area contributed by atoms with E-state index in [2.05, 4.69) is 0 Å². The molecule has 0 radical (unpaired) electrons. The Balaban J connectivity index is 2.04. The number of hydrogen-bond donors (Lipinski definition) is 0. The molecule has 1 heterocycles. The van der Waals surface area contributed by atoms with E-state index in [1.165, 1.54) is 0 Å². The lowest BCUT2D eigenvalue weighted by Crippen LogP contribution is -2.39. The first kappa shape index (κ1) is 19.6. The number of aldehydes is 1. The molecule has 0 atom stereocenters. The van der Waals surface area contributed by atoms with Crippen LogP contribution in [0.5, 0.6) is 11.5 Å². The molecule has 0 N–H and O–H groups in total. The van der Waals surface area contributed by atoms with Gasteiger partial charge in [0.1, 0.15) is 6.29 Å². The van der Waals surface area contributed by atoms with Crippen LogP contribution in [0.1, 0.15) is 21.5 Å². The Morgan fingerprint density at radius 3 is 2.21 bits per heavy atom. The number of amides is 1. The molecule has 0 spiro atoms. The minimum absolute atomic E-state index is 0.0763. The molecular formula is C22H23NO5. The Bertz CT molecular complexity index is 867. The van der Waals surface area contributed by atoms with Gasteiger partial charge in [-0.2, -0.15) is 0 Å². The van der Waals surface area contributed by atoms with Gasteiger partial charge >= 0.3 is 0 Å². The highest BCUT2D eigenvalue weighted by molar-refractivity contribution is 5.99. The molecule has 1 fully saturated rings. The van der Waals surface area contributed by atoms with Gasteiger partial charge in [-0.1, -0.05) is 30.3 Å². The zero-order chi connectivity index (χ0) is 19.9. The first-order chi connectivity index (χ1) is 13.7. The van der Waals surface area contributed by atoms with Gasteiger partial charge in [-0.25, -0.2) is 0 Å². The Morgan fingerprint density at radius 2 is 1.61 bits per heavy atom. The largest absolute Gasteiger partial charge is 0.493 e. The zero-order valence-electron chi connectivity index (χ0n) is 16.0. The average molecular weight is 381 g/mol. The molecule has 0 bridgehead atoms. The van der Waals surface area contributed by atoms with E-state index in [4.69, 9.17) is 14.2 Å². The monoisotopic (exact) mass is 381 g/mol. The molecule has 2 aromatic carbocycles. The molecule has 0 unspecified atom stereocenters. The molecule has 28 heavy (non-hydrogen) atoms. The summed E-state index contributed by atoms with van der Waals surface area (Å²) in [4.78, 5) is 25.6. The lowest BCUT2D eigenvalue weighted by molar-refractivity contribution is -0.129. The molecule has 1 aliphatic rings. The van der Waals surface area contributed by atoms with E-state index in [0.29, 0.717) is 43.4 Å². The third-order valence-corrected chi connectivity index (χ3v) is 4.64. The summed E-state index contributed by atoms with van der Waals surface area (Å²) in [6.07, 6.45) is 2.42. The number of ether oxygens (including phenoxy) is 3. The summed E-state index contributed by atoms with van der Waals surface area (Å²) in [6.45, 7) is 2.22. The van der Waals surface area contributed by atoms with Crippen LogP contribution in [0.25, 0.3) is 5.57 Å². The number of hydrogen-bond acceptors (Lipinski definition) is 5. The van der Waals surface area contributed by atoms with Crippen molar-refractivity contribution >= 4 is 17.8 Å². The standard InChI is InChI=1S/C22H23NO5/c1-26-20-8-7-18(13-21(20)27-2)19(17-5-3-16(15-24)4-6-17)14-22(25)23-9-11-28-12-10-23/h3-8,13-15H,9-12H2,1-2H3/b19-14-. The second-order valence-electron chi connectivity index (χ2n) is 6.31. The molecule has 6 nitrogen and oxygen atoms in total. The van der Waals surface area contributed by atoms with Gasteiger partial charge in [-0.15, -0.1) is 0 Å². The Morgan fingerprint density at radius 1 is 0.964 bits per heavy atom. The predicted octanol–water partition coefficient (Wildman–Crippen LogP) is 2.81. The maximum absolute atomic E-state index is 12.8. The number of benzene rings is 2. The normalized spacial score (nSPS) is 14.5. The fourth-order valence-electron chi connectivity index (χ4n) is 3.08. The molecular weight excluding hydrogens is 358 g/mol.